The molecule has 0 bridgehead atoms. The molecule has 3 N–H and O–H groups in total. The molecule has 3 atom stereocenters. The Hall–Kier alpha value is -1.66. The third-order valence-electron chi connectivity index (χ3n) is 12.8. The predicted molar refractivity (Wildman–Crippen MR) is 269 cm³/mol. The number of hydrogen-bond acceptors (Lipinski definition) is 5. The van der Waals surface area contributed by atoms with Crippen molar-refractivity contribution in [1.82, 2.24) is 5.32 Å². The first-order chi connectivity index (χ1) is 30.5. The Labute approximate surface area is 386 Å². The summed E-state index contributed by atoms with van der Waals surface area (Å²) in [5.74, 6) is -0.504. The molecule has 1 amide bonds. The van der Waals surface area contributed by atoms with Gasteiger partial charge in [0.1, 0.15) is 6.10 Å². The van der Waals surface area contributed by atoms with Crippen LogP contribution in [0.5, 0.6) is 0 Å². The van der Waals surface area contributed by atoms with E-state index in [4.69, 9.17) is 4.74 Å². The molecule has 0 saturated heterocycles. The molecule has 0 aromatic carbocycles. The number of unbranched alkanes of at least 4 members (excludes halogenated alkanes) is 35. The van der Waals surface area contributed by atoms with Crippen molar-refractivity contribution < 1.29 is 24.5 Å². The number of nitrogens with one attached hydrogen (secondary N) is 1. The highest BCUT2D eigenvalue weighted by Gasteiger charge is 2.24. The minimum atomic E-state index is -0.795. The van der Waals surface area contributed by atoms with Crippen LogP contribution in [0.4, 0.5) is 0 Å². The molecule has 6 nitrogen and oxygen atoms in total. The Balaban J connectivity index is 4.58. The van der Waals surface area contributed by atoms with Crippen LogP contribution in [0.1, 0.15) is 297 Å². The number of amides is 1. The molecule has 0 aromatic heterocycles. The van der Waals surface area contributed by atoms with Crippen LogP contribution in [0.2, 0.25) is 0 Å². The Kier molecular flexibility index (Phi) is 49.0. The molecule has 366 valence electrons. The second-order valence-electron chi connectivity index (χ2n) is 19.0. The first-order valence-electron chi connectivity index (χ1n) is 27.6. The summed E-state index contributed by atoms with van der Waals surface area (Å²) in [5.41, 5.74) is 0. The molecule has 0 aliphatic rings. The molecule has 62 heavy (non-hydrogen) atoms. The van der Waals surface area contributed by atoms with E-state index in [2.05, 4.69) is 50.4 Å². The molecule has 0 aromatic rings. The van der Waals surface area contributed by atoms with Crippen molar-refractivity contribution in [2.75, 3.05) is 6.61 Å². The number of carbonyl (C=O) groups is 2. The van der Waals surface area contributed by atoms with Crippen molar-refractivity contribution in [2.45, 2.75) is 315 Å². The van der Waals surface area contributed by atoms with Gasteiger partial charge >= 0.3 is 5.97 Å². The van der Waals surface area contributed by atoms with Gasteiger partial charge in [0.15, 0.2) is 0 Å². The number of hydrogen-bond donors (Lipinski definition) is 3. The Bertz CT molecular complexity index is 981. The maximum Gasteiger partial charge on any atom is 0.306 e. The summed E-state index contributed by atoms with van der Waals surface area (Å²) in [4.78, 5) is 26.2. The third-order valence-corrected chi connectivity index (χ3v) is 12.8. The van der Waals surface area contributed by atoms with Crippen LogP contribution in [0, 0.1) is 0 Å². The van der Waals surface area contributed by atoms with Crippen LogP contribution < -0.4 is 5.32 Å². The highest BCUT2D eigenvalue weighted by atomic mass is 16.5. The molecular formula is C56H107NO5. The van der Waals surface area contributed by atoms with Crippen LogP contribution in [0.15, 0.2) is 24.3 Å². The van der Waals surface area contributed by atoms with Gasteiger partial charge < -0.3 is 20.3 Å². The number of carbonyl (C=O) groups excluding carboxylic acids is 2. The second kappa shape index (κ2) is 50.3. The van der Waals surface area contributed by atoms with Crippen LogP contribution in [-0.4, -0.2) is 46.9 Å². The van der Waals surface area contributed by atoms with Crippen molar-refractivity contribution in [2.24, 2.45) is 0 Å². The van der Waals surface area contributed by atoms with E-state index < -0.39 is 18.2 Å². The van der Waals surface area contributed by atoms with Gasteiger partial charge in [-0.05, 0) is 44.9 Å². The zero-order chi connectivity index (χ0) is 45.2. The van der Waals surface area contributed by atoms with E-state index in [1.165, 1.54) is 193 Å². The minimum absolute atomic E-state index is 0.0503. The molecule has 3 unspecified atom stereocenters. The SMILES string of the molecule is CCCCCCCCC/C=C/C=C/CCCC(CC(=O)NC(CO)C(O)CCCCCCCCCCCCCCC)OC(=O)CCCCCCCCCCCCCCCCCC. The summed E-state index contributed by atoms with van der Waals surface area (Å²) in [6.45, 7) is 6.49. The average molecular weight is 874 g/mol. The van der Waals surface area contributed by atoms with Crippen LogP contribution >= 0.6 is 0 Å². The lowest BCUT2D eigenvalue weighted by molar-refractivity contribution is -0.151. The quantitative estimate of drug-likeness (QED) is 0.0321. The summed E-state index contributed by atoms with van der Waals surface area (Å²) in [5, 5.41) is 23.8. The van der Waals surface area contributed by atoms with Crippen LogP contribution in [-0.2, 0) is 14.3 Å². The molecule has 0 saturated carbocycles. The van der Waals surface area contributed by atoms with Gasteiger partial charge in [-0.1, -0.05) is 263 Å². The molecule has 6 heteroatoms. The van der Waals surface area contributed by atoms with Gasteiger partial charge in [0.25, 0.3) is 0 Å². The molecule has 0 radical (unpaired) electrons. The fraction of sp³-hybridized carbons (Fsp3) is 0.893. The van der Waals surface area contributed by atoms with Crippen molar-refractivity contribution in [3.63, 3.8) is 0 Å². The first-order valence-corrected chi connectivity index (χ1v) is 27.6. The predicted octanol–water partition coefficient (Wildman–Crippen LogP) is 16.7. The van der Waals surface area contributed by atoms with E-state index in [1.807, 2.05) is 0 Å². The van der Waals surface area contributed by atoms with Gasteiger partial charge in [0.2, 0.25) is 5.91 Å². The summed E-state index contributed by atoms with van der Waals surface area (Å²) in [6.07, 6.45) is 58.2. The average Bonchev–Trinajstić information content (AvgIpc) is 3.26. The van der Waals surface area contributed by atoms with Crippen molar-refractivity contribution in [3.8, 4) is 0 Å². The van der Waals surface area contributed by atoms with Gasteiger partial charge in [-0.2, -0.15) is 0 Å². The molecule has 0 aliphatic carbocycles. The fourth-order valence-corrected chi connectivity index (χ4v) is 8.61. The van der Waals surface area contributed by atoms with Gasteiger partial charge in [0.05, 0.1) is 25.2 Å². The topological polar surface area (TPSA) is 95.9 Å². The molecular weight excluding hydrogens is 767 g/mol. The summed E-state index contributed by atoms with van der Waals surface area (Å²) < 4.78 is 5.92. The second-order valence-corrected chi connectivity index (χ2v) is 19.0. The highest BCUT2D eigenvalue weighted by molar-refractivity contribution is 5.77. The summed E-state index contributed by atoms with van der Waals surface area (Å²) in [6, 6.07) is -0.711. The van der Waals surface area contributed by atoms with Gasteiger partial charge in [0, 0.05) is 6.42 Å². The lowest BCUT2D eigenvalue weighted by atomic mass is 10.0. The number of ether oxygens (including phenoxy) is 1. The largest absolute Gasteiger partial charge is 0.462 e. The van der Waals surface area contributed by atoms with E-state index in [1.54, 1.807) is 0 Å². The smallest absolute Gasteiger partial charge is 0.306 e. The Morgan fingerprint density at radius 3 is 1.23 bits per heavy atom. The summed E-state index contributed by atoms with van der Waals surface area (Å²) in [7, 11) is 0. The Morgan fingerprint density at radius 1 is 0.468 bits per heavy atom. The number of aliphatic hydroxyl groups is 2. The molecule has 0 rings (SSSR count). The van der Waals surface area contributed by atoms with Crippen molar-refractivity contribution in [3.05, 3.63) is 24.3 Å². The maximum atomic E-state index is 13.2. The van der Waals surface area contributed by atoms with Gasteiger partial charge in [-0.15, -0.1) is 0 Å². The lowest BCUT2D eigenvalue weighted by Crippen LogP contribution is -2.46. The molecule has 0 aliphatic heterocycles. The van der Waals surface area contributed by atoms with Crippen molar-refractivity contribution >= 4 is 11.9 Å². The third kappa shape index (κ3) is 44.9. The summed E-state index contributed by atoms with van der Waals surface area (Å²) >= 11 is 0. The highest BCUT2D eigenvalue weighted by Crippen LogP contribution is 2.18. The monoisotopic (exact) mass is 874 g/mol. The Morgan fingerprint density at radius 2 is 0.823 bits per heavy atom. The standard InChI is InChI=1S/C56H107NO5/c1-4-7-10-13-16-19-22-25-27-28-31-34-37-40-43-46-49-56(61)62-52(47-44-41-38-35-32-30-26-23-20-17-14-11-8-5-2)50-55(60)57-53(51-58)54(59)48-45-42-39-36-33-29-24-21-18-15-12-9-6-3/h30,32,35,38,52-54,58-59H,4-29,31,33-34,36-37,39-51H2,1-3H3,(H,57,60)/b32-30+,38-35+. The number of allylic oxidation sites excluding steroid dienone is 4. The first kappa shape index (κ1) is 60.3. The zero-order valence-corrected chi connectivity index (χ0v) is 41.8. The number of aliphatic hydroxyl groups excluding tert-OH is 2. The van der Waals surface area contributed by atoms with Crippen molar-refractivity contribution in [1.29, 1.82) is 0 Å². The fourth-order valence-electron chi connectivity index (χ4n) is 8.61. The van der Waals surface area contributed by atoms with E-state index in [0.29, 0.717) is 19.3 Å². The van der Waals surface area contributed by atoms with E-state index in [9.17, 15) is 19.8 Å². The minimum Gasteiger partial charge on any atom is -0.462 e. The molecule has 0 fully saturated rings. The number of esters is 1. The van der Waals surface area contributed by atoms with E-state index in [0.717, 1.165) is 57.8 Å². The van der Waals surface area contributed by atoms with Crippen LogP contribution in [0.3, 0.4) is 0 Å². The maximum absolute atomic E-state index is 13.2. The number of rotatable bonds is 50. The molecule has 0 heterocycles. The zero-order valence-electron chi connectivity index (χ0n) is 41.8. The van der Waals surface area contributed by atoms with Gasteiger partial charge in [-0.25, -0.2) is 0 Å². The van der Waals surface area contributed by atoms with Crippen LogP contribution in [0.25, 0.3) is 0 Å². The van der Waals surface area contributed by atoms with E-state index >= 15 is 0 Å². The normalized spacial score (nSPS) is 13.3. The molecule has 0 spiro atoms. The van der Waals surface area contributed by atoms with E-state index in [-0.39, 0.29) is 24.9 Å². The van der Waals surface area contributed by atoms with Gasteiger partial charge in [-0.3, -0.25) is 9.59 Å². The lowest BCUT2D eigenvalue weighted by Gasteiger charge is -2.24.